The van der Waals surface area contributed by atoms with Crippen LogP contribution in [0, 0.1) is 5.41 Å². The van der Waals surface area contributed by atoms with Gasteiger partial charge in [0, 0.05) is 30.0 Å². The molecule has 4 heteroatoms. The molecule has 0 bridgehead atoms. The predicted octanol–water partition coefficient (Wildman–Crippen LogP) is 2.84. The van der Waals surface area contributed by atoms with Crippen LogP contribution in [0.3, 0.4) is 0 Å². The van der Waals surface area contributed by atoms with Gasteiger partial charge in [0.2, 0.25) is 5.91 Å². The molecule has 2 N–H and O–H groups in total. The van der Waals surface area contributed by atoms with Gasteiger partial charge in [-0.25, -0.2) is 0 Å². The Hall–Kier alpha value is -1.55. The van der Waals surface area contributed by atoms with E-state index in [1.54, 1.807) is 0 Å². The minimum Gasteiger partial charge on any atom is -0.374 e. The van der Waals surface area contributed by atoms with Crippen molar-refractivity contribution in [1.82, 2.24) is 4.90 Å². The van der Waals surface area contributed by atoms with Gasteiger partial charge in [-0.15, -0.1) is 0 Å². The van der Waals surface area contributed by atoms with Gasteiger partial charge in [-0.05, 0) is 43.7 Å². The van der Waals surface area contributed by atoms with Crippen molar-refractivity contribution in [1.29, 1.82) is 0 Å². The van der Waals surface area contributed by atoms with Gasteiger partial charge in [0.1, 0.15) is 0 Å². The van der Waals surface area contributed by atoms with Crippen LogP contribution in [-0.4, -0.2) is 33.7 Å². The second-order valence-corrected chi connectivity index (χ2v) is 7.90. The highest BCUT2D eigenvalue weighted by atomic mass is 16.3. The lowest BCUT2D eigenvalue weighted by molar-refractivity contribution is -0.239. The van der Waals surface area contributed by atoms with E-state index in [-0.39, 0.29) is 17.2 Å². The van der Waals surface area contributed by atoms with Crippen LogP contribution in [0.2, 0.25) is 0 Å². The van der Waals surface area contributed by atoms with Gasteiger partial charge in [-0.2, -0.15) is 0 Å². The summed E-state index contributed by atoms with van der Waals surface area (Å²) >= 11 is 0. The Kier molecular flexibility index (Phi) is 2.47. The molecule has 1 saturated carbocycles. The molecular formula is C19H24N2O2. The van der Waals surface area contributed by atoms with Crippen LogP contribution in [0.25, 0.3) is 0 Å². The first-order valence-corrected chi connectivity index (χ1v) is 8.98. The van der Waals surface area contributed by atoms with Crippen LogP contribution in [0.5, 0.6) is 0 Å². The molecule has 3 aliphatic heterocycles. The lowest BCUT2D eigenvalue weighted by Gasteiger charge is -2.61. The van der Waals surface area contributed by atoms with Gasteiger partial charge < -0.3 is 15.3 Å². The summed E-state index contributed by atoms with van der Waals surface area (Å²) in [5, 5.41) is 15.8. The topological polar surface area (TPSA) is 52.6 Å². The number of aliphatic hydroxyl groups is 1. The number of nitrogens with zero attached hydrogens (tertiary/aromatic N) is 1. The maximum absolute atomic E-state index is 12.9. The number of benzene rings is 1. The summed E-state index contributed by atoms with van der Waals surface area (Å²) in [6.45, 7) is 2.88. The number of amides is 1. The van der Waals surface area contributed by atoms with Gasteiger partial charge in [0.05, 0.1) is 5.54 Å². The number of carbonyl (C=O) groups is 1. The largest absolute Gasteiger partial charge is 0.374 e. The van der Waals surface area contributed by atoms with Gasteiger partial charge in [0.25, 0.3) is 0 Å². The van der Waals surface area contributed by atoms with E-state index in [4.69, 9.17) is 0 Å². The Bertz CT molecular complexity index is 704. The molecule has 0 unspecified atom stereocenters. The highest BCUT2D eigenvalue weighted by molar-refractivity contribution is 5.83. The van der Waals surface area contributed by atoms with Gasteiger partial charge >= 0.3 is 0 Å². The Labute approximate surface area is 136 Å². The maximum atomic E-state index is 12.9. The summed E-state index contributed by atoms with van der Waals surface area (Å²) in [6, 6.07) is 8.30. The molecule has 0 aromatic heterocycles. The standard InChI is InChI=1S/C19H24N2O2/c1-2-17-8-5-11-21-16(22)12-14-13-6-3-4-7-15(13)20-18(14,10-9-17)19(17,21)23/h3-4,6-7,14,20,23H,2,5,8-12H2,1H3/t14-,17-,18+,19+/m1/s1. The summed E-state index contributed by atoms with van der Waals surface area (Å²) in [5.74, 6) is 0.227. The number of nitrogens with one attached hydrogen (secondary N) is 1. The number of para-hydroxylation sites is 1. The van der Waals surface area contributed by atoms with Crippen molar-refractivity contribution in [2.45, 2.75) is 62.6 Å². The monoisotopic (exact) mass is 312 g/mol. The van der Waals surface area contributed by atoms with E-state index in [1.165, 1.54) is 5.56 Å². The second kappa shape index (κ2) is 4.10. The average molecular weight is 312 g/mol. The zero-order chi connectivity index (χ0) is 15.9. The molecular weight excluding hydrogens is 288 g/mol. The SMILES string of the molecule is CC[C@@]12CCCN3C(=O)C[C@@H]4c5ccccc5N[C@]4(CC1)[C@]32O. The molecule has 3 fully saturated rings. The van der Waals surface area contributed by atoms with Crippen LogP contribution in [0.4, 0.5) is 5.69 Å². The van der Waals surface area contributed by atoms with Gasteiger partial charge in [-0.1, -0.05) is 25.1 Å². The fraction of sp³-hybridized carbons (Fsp3) is 0.632. The van der Waals surface area contributed by atoms with E-state index in [1.807, 2.05) is 17.0 Å². The quantitative estimate of drug-likeness (QED) is 0.838. The predicted molar refractivity (Wildman–Crippen MR) is 88.0 cm³/mol. The third-order valence-corrected chi connectivity index (χ3v) is 7.43. The molecule has 122 valence electrons. The number of anilines is 1. The smallest absolute Gasteiger partial charge is 0.225 e. The van der Waals surface area contributed by atoms with Crippen molar-refractivity contribution < 1.29 is 9.90 Å². The van der Waals surface area contributed by atoms with E-state index >= 15 is 0 Å². The molecule has 1 aromatic rings. The Morgan fingerprint density at radius 3 is 2.96 bits per heavy atom. The molecule has 4 nitrogen and oxygen atoms in total. The van der Waals surface area contributed by atoms with Crippen molar-refractivity contribution in [3.63, 3.8) is 0 Å². The van der Waals surface area contributed by atoms with Crippen LogP contribution in [0.1, 0.15) is 56.9 Å². The van der Waals surface area contributed by atoms with Crippen LogP contribution in [-0.2, 0) is 4.79 Å². The van der Waals surface area contributed by atoms with E-state index in [2.05, 4.69) is 24.4 Å². The fourth-order valence-corrected chi connectivity index (χ4v) is 6.37. The summed E-state index contributed by atoms with van der Waals surface area (Å²) in [5.41, 5.74) is 0.714. The number of carbonyl (C=O) groups excluding carboxylic acids is 1. The first-order valence-electron chi connectivity index (χ1n) is 8.98. The molecule has 1 aromatic carbocycles. The first-order chi connectivity index (χ1) is 11.1. The Morgan fingerprint density at radius 2 is 2.13 bits per heavy atom. The van der Waals surface area contributed by atoms with E-state index in [9.17, 15) is 9.90 Å². The van der Waals surface area contributed by atoms with Crippen LogP contribution >= 0.6 is 0 Å². The summed E-state index contributed by atoms with van der Waals surface area (Å²) in [6.07, 6.45) is 5.43. The van der Waals surface area contributed by atoms with Crippen molar-refractivity contribution in [3.8, 4) is 0 Å². The molecule has 1 aliphatic carbocycles. The van der Waals surface area contributed by atoms with Gasteiger partial charge in [0.15, 0.2) is 5.72 Å². The van der Waals surface area contributed by atoms with E-state index in [0.717, 1.165) is 37.8 Å². The third kappa shape index (κ3) is 1.29. The van der Waals surface area contributed by atoms with Crippen LogP contribution < -0.4 is 5.32 Å². The maximum Gasteiger partial charge on any atom is 0.225 e. The first kappa shape index (κ1) is 13.8. The van der Waals surface area contributed by atoms with Gasteiger partial charge in [-0.3, -0.25) is 4.79 Å². The van der Waals surface area contributed by atoms with Crippen molar-refractivity contribution >= 4 is 11.6 Å². The number of rotatable bonds is 1. The molecule has 5 rings (SSSR count). The number of hydrogen-bond acceptors (Lipinski definition) is 3. The minimum absolute atomic E-state index is 0.0963. The number of hydrogen-bond donors (Lipinski definition) is 2. The summed E-state index contributed by atoms with van der Waals surface area (Å²) in [4.78, 5) is 14.7. The molecule has 1 amide bonds. The molecule has 3 heterocycles. The Balaban J connectivity index is 1.75. The highest BCUT2D eigenvalue weighted by Crippen LogP contribution is 2.69. The number of piperidine rings is 2. The zero-order valence-corrected chi connectivity index (χ0v) is 13.6. The molecule has 1 spiro atoms. The molecule has 2 saturated heterocycles. The molecule has 4 atom stereocenters. The van der Waals surface area contributed by atoms with E-state index < -0.39 is 11.3 Å². The molecule has 23 heavy (non-hydrogen) atoms. The molecule has 0 radical (unpaired) electrons. The van der Waals surface area contributed by atoms with E-state index in [0.29, 0.717) is 13.0 Å². The normalized spacial score (nSPS) is 43.7. The zero-order valence-electron chi connectivity index (χ0n) is 13.6. The van der Waals surface area contributed by atoms with Crippen molar-refractivity contribution in [2.24, 2.45) is 5.41 Å². The molecule has 4 aliphatic rings. The van der Waals surface area contributed by atoms with Crippen molar-refractivity contribution in [3.05, 3.63) is 29.8 Å². The average Bonchev–Trinajstić information content (AvgIpc) is 3.02. The second-order valence-electron chi connectivity index (χ2n) is 7.90. The Morgan fingerprint density at radius 1 is 1.30 bits per heavy atom. The fourth-order valence-electron chi connectivity index (χ4n) is 6.37. The van der Waals surface area contributed by atoms with Crippen LogP contribution in [0.15, 0.2) is 24.3 Å². The van der Waals surface area contributed by atoms with Crippen molar-refractivity contribution in [2.75, 3.05) is 11.9 Å². The summed E-state index contributed by atoms with van der Waals surface area (Å²) < 4.78 is 0. The lowest BCUT2D eigenvalue weighted by Crippen LogP contribution is -2.76. The summed E-state index contributed by atoms with van der Waals surface area (Å²) in [7, 11) is 0. The highest BCUT2D eigenvalue weighted by Gasteiger charge is 2.76. The minimum atomic E-state index is -1.05. The number of fused-ring (bicyclic) bond motifs is 2. The third-order valence-electron chi connectivity index (χ3n) is 7.43. The lowest BCUT2D eigenvalue weighted by atomic mass is 9.61.